The van der Waals surface area contributed by atoms with E-state index < -0.39 is 5.91 Å². The van der Waals surface area contributed by atoms with Crippen molar-refractivity contribution in [3.8, 4) is 6.07 Å². The fraction of sp³-hybridized carbons (Fsp3) is 0.350. The zero-order valence-electron chi connectivity index (χ0n) is 15.7. The van der Waals surface area contributed by atoms with Crippen LogP contribution in [-0.4, -0.2) is 15.7 Å². The SMILES string of the molecule is Cc1ccc(NC(=O)/C(C#N)=C/c2c(C)nn(CC(C)C)c2Cl)c(C)c1. The van der Waals surface area contributed by atoms with Gasteiger partial charge in [0.05, 0.1) is 5.69 Å². The van der Waals surface area contributed by atoms with Crippen LogP contribution in [0, 0.1) is 38.0 Å². The van der Waals surface area contributed by atoms with Crippen LogP contribution in [0.15, 0.2) is 23.8 Å². The molecule has 0 saturated carbocycles. The number of nitriles is 1. The Morgan fingerprint density at radius 2 is 2.08 bits per heavy atom. The fourth-order valence-electron chi connectivity index (χ4n) is 2.63. The molecular formula is C20H23ClN4O. The molecule has 0 fully saturated rings. The Kier molecular flexibility index (Phi) is 6.23. The van der Waals surface area contributed by atoms with Gasteiger partial charge in [0, 0.05) is 17.8 Å². The number of carbonyl (C=O) groups excluding carboxylic acids is 1. The van der Waals surface area contributed by atoms with E-state index >= 15 is 0 Å². The van der Waals surface area contributed by atoms with Crippen molar-refractivity contribution in [2.24, 2.45) is 5.92 Å². The molecule has 0 atom stereocenters. The van der Waals surface area contributed by atoms with Crippen LogP contribution in [0.3, 0.4) is 0 Å². The lowest BCUT2D eigenvalue weighted by Crippen LogP contribution is -2.14. The minimum absolute atomic E-state index is 0.0147. The predicted octanol–water partition coefficient (Wildman–Crippen LogP) is 4.66. The molecule has 1 aromatic carbocycles. The standard InChI is InChI=1S/C20H23ClN4O/c1-12(2)11-25-19(21)17(15(5)24-25)9-16(10-22)20(26)23-18-7-6-13(3)8-14(18)4/h6-9,12H,11H2,1-5H3,(H,23,26)/b16-9+. The summed E-state index contributed by atoms with van der Waals surface area (Å²) < 4.78 is 1.70. The first-order valence-corrected chi connectivity index (χ1v) is 8.84. The molecule has 1 aromatic heterocycles. The van der Waals surface area contributed by atoms with Gasteiger partial charge in [-0.25, -0.2) is 0 Å². The lowest BCUT2D eigenvalue weighted by molar-refractivity contribution is -0.112. The van der Waals surface area contributed by atoms with Gasteiger partial charge in [-0.15, -0.1) is 0 Å². The minimum Gasteiger partial charge on any atom is -0.321 e. The second kappa shape index (κ2) is 8.20. The number of hydrogen-bond donors (Lipinski definition) is 1. The van der Waals surface area contributed by atoms with Gasteiger partial charge < -0.3 is 5.32 Å². The van der Waals surface area contributed by atoms with Gasteiger partial charge in [0.2, 0.25) is 0 Å². The van der Waals surface area contributed by atoms with E-state index in [1.807, 2.05) is 45.0 Å². The summed E-state index contributed by atoms with van der Waals surface area (Å²) in [5, 5.41) is 17.1. The van der Waals surface area contributed by atoms with Crippen molar-refractivity contribution in [3.05, 3.63) is 51.3 Å². The number of benzene rings is 1. The number of amides is 1. The van der Waals surface area contributed by atoms with E-state index in [1.54, 1.807) is 4.68 Å². The van der Waals surface area contributed by atoms with Crippen LogP contribution in [0.5, 0.6) is 0 Å². The van der Waals surface area contributed by atoms with Crippen LogP contribution < -0.4 is 5.32 Å². The molecule has 2 aromatic rings. The summed E-state index contributed by atoms with van der Waals surface area (Å²) >= 11 is 6.40. The Morgan fingerprint density at radius 3 is 2.65 bits per heavy atom. The molecule has 0 aliphatic heterocycles. The average Bonchev–Trinajstić information content (AvgIpc) is 2.81. The topological polar surface area (TPSA) is 70.7 Å². The van der Waals surface area contributed by atoms with E-state index in [2.05, 4.69) is 24.3 Å². The summed E-state index contributed by atoms with van der Waals surface area (Å²) in [7, 11) is 0. The molecule has 1 amide bonds. The first-order valence-electron chi connectivity index (χ1n) is 8.46. The maximum atomic E-state index is 12.5. The fourth-order valence-corrected chi connectivity index (χ4v) is 2.93. The first-order chi connectivity index (χ1) is 12.2. The van der Waals surface area contributed by atoms with Gasteiger partial charge in [0.15, 0.2) is 0 Å². The number of hydrogen-bond acceptors (Lipinski definition) is 3. The number of aryl methyl sites for hydroxylation is 3. The molecule has 0 aliphatic rings. The van der Waals surface area contributed by atoms with Crippen LogP contribution in [0.1, 0.15) is 36.2 Å². The number of anilines is 1. The second-order valence-electron chi connectivity index (χ2n) is 6.81. The number of aromatic nitrogens is 2. The van der Waals surface area contributed by atoms with E-state index in [0.29, 0.717) is 34.6 Å². The van der Waals surface area contributed by atoms with Crippen molar-refractivity contribution in [2.75, 3.05) is 5.32 Å². The molecule has 0 aliphatic carbocycles. The van der Waals surface area contributed by atoms with Crippen molar-refractivity contribution in [1.29, 1.82) is 5.26 Å². The predicted molar refractivity (Wildman–Crippen MR) is 105 cm³/mol. The average molecular weight is 371 g/mol. The summed E-state index contributed by atoms with van der Waals surface area (Å²) in [5.41, 5.74) is 3.99. The van der Waals surface area contributed by atoms with Crippen molar-refractivity contribution in [2.45, 2.75) is 41.2 Å². The zero-order chi connectivity index (χ0) is 19.4. The third-order valence-electron chi connectivity index (χ3n) is 3.93. The highest BCUT2D eigenvalue weighted by atomic mass is 35.5. The molecule has 26 heavy (non-hydrogen) atoms. The monoisotopic (exact) mass is 370 g/mol. The van der Waals surface area contributed by atoms with E-state index in [-0.39, 0.29) is 5.57 Å². The molecule has 6 heteroatoms. The van der Waals surface area contributed by atoms with Crippen molar-refractivity contribution in [3.63, 3.8) is 0 Å². The Hall–Kier alpha value is -2.58. The summed E-state index contributed by atoms with van der Waals surface area (Å²) in [4.78, 5) is 12.5. The van der Waals surface area contributed by atoms with Gasteiger partial charge >= 0.3 is 0 Å². The first kappa shape index (κ1) is 19.7. The highest BCUT2D eigenvalue weighted by Gasteiger charge is 2.17. The maximum absolute atomic E-state index is 12.5. The van der Waals surface area contributed by atoms with Gasteiger partial charge in [-0.2, -0.15) is 10.4 Å². The molecule has 136 valence electrons. The maximum Gasteiger partial charge on any atom is 0.266 e. The van der Waals surface area contributed by atoms with Crippen molar-refractivity contribution >= 4 is 29.3 Å². The Labute approximate surface area is 159 Å². The number of halogens is 1. The second-order valence-corrected chi connectivity index (χ2v) is 7.17. The van der Waals surface area contributed by atoms with Crippen LogP contribution in [0.2, 0.25) is 5.15 Å². The molecule has 1 heterocycles. The number of carbonyl (C=O) groups is 1. The van der Waals surface area contributed by atoms with E-state index in [4.69, 9.17) is 11.6 Å². The van der Waals surface area contributed by atoms with Gasteiger partial charge in [-0.05, 0) is 44.4 Å². The normalized spacial score (nSPS) is 11.5. The zero-order valence-corrected chi connectivity index (χ0v) is 16.5. The Bertz CT molecular complexity index is 903. The highest BCUT2D eigenvalue weighted by Crippen LogP contribution is 2.24. The molecule has 0 radical (unpaired) electrons. The lowest BCUT2D eigenvalue weighted by Gasteiger charge is -2.08. The van der Waals surface area contributed by atoms with E-state index in [9.17, 15) is 10.1 Å². The Balaban J connectivity index is 2.31. The molecule has 0 bridgehead atoms. The largest absolute Gasteiger partial charge is 0.321 e. The van der Waals surface area contributed by atoms with Gasteiger partial charge in [0.1, 0.15) is 16.8 Å². The van der Waals surface area contributed by atoms with Gasteiger partial charge in [-0.1, -0.05) is 43.1 Å². The highest BCUT2D eigenvalue weighted by molar-refractivity contribution is 6.31. The van der Waals surface area contributed by atoms with Crippen LogP contribution in [0.4, 0.5) is 5.69 Å². The Morgan fingerprint density at radius 1 is 1.38 bits per heavy atom. The van der Waals surface area contributed by atoms with E-state index in [0.717, 1.165) is 11.1 Å². The summed E-state index contributed by atoms with van der Waals surface area (Å²) in [5.74, 6) is -0.0848. The summed E-state index contributed by atoms with van der Waals surface area (Å²) in [6.07, 6.45) is 1.50. The molecule has 0 saturated heterocycles. The van der Waals surface area contributed by atoms with Crippen molar-refractivity contribution in [1.82, 2.24) is 9.78 Å². The third-order valence-corrected chi connectivity index (χ3v) is 4.33. The number of nitrogens with one attached hydrogen (secondary N) is 1. The molecule has 1 N–H and O–H groups in total. The van der Waals surface area contributed by atoms with Gasteiger partial charge in [-0.3, -0.25) is 9.48 Å². The molecule has 5 nitrogen and oxygen atoms in total. The minimum atomic E-state index is -0.466. The molecule has 0 unspecified atom stereocenters. The molecule has 2 rings (SSSR count). The molecule has 0 spiro atoms. The molecular weight excluding hydrogens is 348 g/mol. The number of rotatable bonds is 5. The third kappa shape index (κ3) is 4.53. The summed E-state index contributed by atoms with van der Waals surface area (Å²) in [6, 6.07) is 7.68. The van der Waals surface area contributed by atoms with Crippen LogP contribution in [0.25, 0.3) is 6.08 Å². The van der Waals surface area contributed by atoms with Crippen molar-refractivity contribution < 1.29 is 4.79 Å². The number of nitrogens with zero attached hydrogens (tertiary/aromatic N) is 3. The van der Waals surface area contributed by atoms with Crippen LogP contribution >= 0.6 is 11.6 Å². The lowest BCUT2D eigenvalue weighted by atomic mass is 10.1. The van der Waals surface area contributed by atoms with Gasteiger partial charge in [0.25, 0.3) is 5.91 Å². The van der Waals surface area contributed by atoms with E-state index in [1.165, 1.54) is 6.08 Å². The smallest absolute Gasteiger partial charge is 0.266 e. The summed E-state index contributed by atoms with van der Waals surface area (Å²) in [6.45, 7) is 10.5. The van der Waals surface area contributed by atoms with Crippen LogP contribution in [-0.2, 0) is 11.3 Å². The quantitative estimate of drug-likeness (QED) is 0.614.